The average Bonchev–Trinajstić information content (AvgIpc) is 2.95. The van der Waals surface area contributed by atoms with Gasteiger partial charge >= 0.3 is 12.1 Å². The zero-order chi connectivity index (χ0) is 31.6. The maximum absolute atomic E-state index is 13.9. The third kappa shape index (κ3) is 9.18. The summed E-state index contributed by atoms with van der Waals surface area (Å²) in [5.41, 5.74) is 0.683. The number of nitrogens with zero attached hydrogens (tertiary/aromatic N) is 1. The minimum Gasteiger partial charge on any atom is -0.493 e. The monoisotopic (exact) mass is 595 g/mol. The molecule has 2 aromatic carbocycles. The zero-order valence-electron chi connectivity index (χ0n) is 24.4. The Hall–Kier alpha value is -5.13. The van der Waals surface area contributed by atoms with Crippen molar-refractivity contribution < 1.29 is 37.7 Å². The molecular weight excluding hydrogens is 561 g/mol. The Bertz CT molecular complexity index is 1530. The topological polar surface area (TPSA) is 134 Å². The molecule has 0 aliphatic carbocycles. The normalized spacial score (nSPS) is 10.8. The van der Waals surface area contributed by atoms with Crippen LogP contribution in [0.25, 0.3) is 0 Å². The highest BCUT2D eigenvalue weighted by atomic mass is 19.1. The molecule has 2 amide bonds. The van der Waals surface area contributed by atoms with Gasteiger partial charge in [-0.2, -0.15) is 0 Å². The first kappa shape index (κ1) is 32.4. The number of aromatic nitrogens is 1. The van der Waals surface area contributed by atoms with Crippen LogP contribution in [0.1, 0.15) is 59.2 Å². The molecule has 0 saturated carbocycles. The molecule has 0 unspecified atom stereocenters. The Morgan fingerprint density at radius 1 is 1.07 bits per heavy atom. The van der Waals surface area contributed by atoms with Crippen molar-refractivity contribution in [1.29, 1.82) is 0 Å². The maximum atomic E-state index is 13.9. The van der Waals surface area contributed by atoms with Crippen molar-refractivity contribution in [3.63, 3.8) is 0 Å². The molecule has 1 heterocycles. The van der Waals surface area contributed by atoms with Crippen molar-refractivity contribution >= 4 is 18.0 Å². The van der Waals surface area contributed by atoms with Crippen LogP contribution in [0.2, 0.25) is 0 Å². The number of rotatable bonds is 12. The molecule has 0 bridgehead atoms. The zero-order valence-corrected chi connectivity index (χ0v) is 24.4. The molecule has 228 valence electrons. The molecule has 0 aliphatic heterocycles. The van der Waals surface area contributed by atoms with E-state index >= 15 is 0 Å². The van der Waals surface area contributed by atoms with E-state index in [1.807, 2.05) is 0 Å². The minimum atomic E-state index is -1.02. The summed E-state index contributed by atoms with van der Waals surface area (Å²) in [6.07, 6.45) is 2.15. The van der Waals surface area contributed by atoms with Crippen molar-refractivity contribution in [3.05, 3.63) is 106 Å². The fourth-order valence-corrected chi connectivity index (χ4v) is 3.72. The number of ether oxygens (including phenoxy) is 4. The van der Waals surface area contributed by atoms with Gasteiger partial charge in [0.1, 0.15) is 29.3 Å². The molecule has 0 radical (unpaired) electrons. The largest absolute Gasteiger partial charge is 0.493 e. The quantitative estimate of drug-likeness (QED) is 0.175. The van der Waals surface area contributed by atoms with Crippen molar-refractivity contribution in [2.45, 2.75) is 45.9 Å². The summed E-state index contributed by atoms with van der Waals surface area (Å²) in [5.74, 6) is -2.74. The lowest BCUT2D eigenvalue weighted by Gasteiger charge is -2.22. The molecule has 0 aliphatic rings. The molecule has 2 N–H and O–H groups in total. The summed E-state index contributed by atoms with van der Waals surface area (Å²) in [6.45, 7) is 8.49. The van der Waals surface area contributed by atoms with Gasteiger partial charge in [-0.1, -0.05) is 42.5 Å². The van der Waals surface area contributed by atoms with Crippen LogP contribution in [-0.2, 0) is 22.6 Å². The van der Waals surface area contributed by atoms with Gasteiger partial charge in [-0.15, -0.1) is 6.58 Å². The lowest BCUT2D eigenvalue weighted by molar-refractivity contribution is 0.0572. The average molecular weight is 596 g/mol. The van der Waals surface area contributed by atoms with Crippen LogP contribution in [0.15, 0.2) is 72.2 Å². The number of carbonyl (C=O) groups is 3. The van der Waals surface area contributed by atoms with Gasteiger partial charge in [-0.05, 0) is 38.8 Å². The van der Waals surface area contributed by atoms with E-state index in [9.17, 15) is 23.6 Å². The second-order valence-electron chi connectivity index (χ2n) is 10.2. The number of hydrogen-bond donors (Lipinski definition) is 2. The summed E-state index contributed by atoms with van der Waals surface area (Å²) in [6, 6.07) is 12.6. The molecule has 0 spiro atoms. The van der Waals surface area contributed by atoms with E-state index in [1.165, 1.54) is 18.2 Å². The van der Waals surface area contributed by atoms with Crippen LogP contribution in [0.4, 0.5) is 9.18 Å². The number of halogens is 1. The SMILES string of the molecule is C=CCCOc1cc(F)ccc1CNC(=O)c1cn(NC(=O)OC(C)(C)C)c(C(=O)OC)c(OCc2ccccc2)c1=O. The number of hydrogen-bond acceptors (Lipinski definition) is 8. The number of nitrogens with one attached hydrogen (secondary N) is 2. The molecule has 0 fully saturated rings. The van der Waals surface area contributed by atoms with Crippen molar-refractivity contribution in [2.24, 2.45) is 0 Å². The standard InChI is InChI=1S/C31H34FN3O8/c1-6-7-15-41-24-16-22(32)14-13-21(24)17-33-28(37)23-18-35(34-30(39)43-31(2,3)4)25(29(38)40-5)27(26(23)36)42-19-20-11-9-8-10-12-20/h6,8-14,16,18H,1,7,15,17,19H2,2-5H3,(H,33,37)(H,34,39). The molecule has 43 heavy (non-hydrogen) atoms. The van der Waals surface area contributed by atoms with Crippen LogP contribution in [0.3, 0.4) is 0 Å². The first-order chi connectivity index (χ1) is 20.4. The van der Waals surface area contributed by atoms with Crippen molar-refractivity contribution in [1.82, 2.24) is 9.99 Å². The van der Waals surface area contributed by atoms with Gasteiger partial charge in [0.15, 0.2) is 5.69 Å². The van der Waals surface area contributed by atoms with Crippen LogP contribution in [0, 0.1) is 5.82 Å². The predicted octanol–water partition coefficient (Wildman–Crippen LogP) is 4.72. The van der Waals surface area contributed by atoms with Gasteiger partial charge in [-0.3, -0.25) is 9.59 Å². The van der Waals surface area contributed by atoms with Gasteiger partial charge in [-0.25, -0.2) is 24.1 Å². The fourth-order valence-electron chi connectivity index (χ4n) is 3.72. The second kappa shape index (κ2) is 14.7. The number of esters is 1. The Kier molecular flexibility index (Phi) is 11.0. The molecule has 11 nitrogen and oxygen atoms in total. The summed E-state index contributed by atoms with van der Waals surface area (Å²) < 4.78 is 36.2. The van der Waals surface area contributed by atoms with E-state index < -0.39 is 51.8 Å². The molecule has 0 atom stereocenters. The van der Waals surface area contributed by atoms with Gasteiger partial charge in [0.05, 0.1) is 13.7 Å². The van der Waals surface area contributed by atoms with E-state index in [2.05, 4.69) is 17.3 Å². The molecule has 0 saturated heterocycles. The third-order valence-corrected chi connectivity index (χ3v) is 5.67. The minimum absolute atomic E-state index is 0.138. The van der Waals surface area contributed by atoms with E-state index in [1.54, 1.807) is 57.2 Å². The van der Waals surface area contributed by atoms with Gasteiger partial charge in [0.25, 0.3) is 5.91 Å². The molecule has 12 heteroatoms. The van der Waals surface area contributed by atoms with E-state index in [4.69, 9.17) is 18.9 Å². The van der Waals surface area contributed by atoms with Crippen LogP contribution >= 0.6 is 0 Å². The highest BCUT2D eigenvalue weighted by Crippen LogP contribution is 2.22. The van der Waals surface area contributed by atoms with E-state index in [-0.39, 0.29) is 25.5 Å². The van der Waals surface area contributed by atoms with Crippen LogP contribution in [-0.4, -0.2) is 42.0 Å². The summed E-state index contributed by atoms with van der Waals surface area (Å²) in [7, 11) is 1.09. The molecule has 1 aromatic heterocycles. The number of pyridine rings is 1. The van der Waals surface area contributed by atoms with Crippen LogP contribution in [0.5, 0.6) is 11.5 Å². The molecule has 3 rings (SSSR count). The molecule has 3 aromatic rings. The Labute approximate surface area is 248 Å². The van der Waals surface area contributed by atoms with Crippen LogP contribution < -0.4 is 25.6 Å². The second-order valence-corrected chi connectivity index (χ2v) is 10.2. The Morgan fingerprint density at radius 3 is 2.44 bits per heavy atom. The molecular formula is C31H34FN3O8. The number of carbonyl (C=O) groups excluding carboxylic acids is 3. The maximum Gasteiger partial charge on any atom is 0.426 e. The summed E-state index contributed by atoms with van der Waals surface area (Å²) in [4.78, 5) is 52.5. The lowest BCUT2D eigenvalue weighted by Crippen LogP contribution is -2.37. The lowest BCUT2D eigenvalue weighted by atomic mass is 10.1. The summed E-state index contributed by atoms with van der Waals surface area (Å²) in [5, 5.41) is 2.60. The van der Waals surface area contributed by atoms with E-state index in [0.29, 0.717) is 17.5 Å². The van der Waals surface area contributed by atoms with Gasteiger partial charge in [0, 0.05) is 24.4 Å². The smallest absolute Gasteiger partial charge is 0.426 e. The Balaban J connectivity index is 2.02. The Morgan fingerprint density at radius 2 is 1.79 bits per heavy atom. The number of methoxy groups -OCH3 is 1. The highest BCUT2D eigenvalue weighted by Gasteiger charge is 2.28. The third-order valence-electron chi connectivity index (χ3n) is 5.67. The first-order valence-corrected chi connectivity index (χ1v) is 13.3. The number of benzene rings is 2. The highest BCUT2D eigenvalue weighted by molar-refractivity contribution is 5.97. The predicted molar refractivity (Wildman–Crippen MR) is 156 cm³/mol. The van der Waals surface area contributed by atoms with Gasteiger partial charge < -0.3 is 24.3 Å². The fraction of sp³-hybridized carbons (Fsp3) is 0.290. The summed E-state index contributed by atoms with van der Waals surface area (Å²) >= 11 is 0. The number of amides is 2. The van der Waals surface area contributed by atoms with Crippen molar-refractivity contribution in [2.75, 3.05) is 19.1 Å². The van der Waals surface area contributed by atoms with Gasteiger partial charge in [0.2, 0.25) is 11.2 Å². The first-order valence-electron chi connectivity index (χ1n) is 13.3. The van der Waals surface area contributed by atoms with E-state index in [0.717, 1.165) is 18.0 Å². The van der Waals surface area contributed by atoms with Crippen molar-refractivity contribution in [3.8, 4) is 11.5 Å².